The molecule has 0 radical (unpaired) electrons. The van der Waals surface area contributed by atoms with E-state index in [1.165, 1.54) is 4.90 Å². The lowest BCUT2D eigenvalue weighted by atomic mass is 10.00. The molecule has 5 heteroatoms. The third-order valence-corrected chi connectivity index (χ3v) is 5.10. The van der Waals surface area contributed by atoms with E-state index in [1.807, 2.05) is 0 Å². The molecule has 4 unspecified atom stereocenters. The predicted octanol–water partition coefficient (Wildman–Crippen LogP) is 1.23. The summed E-state index contributed by atoms with van der Waals surface area (Å²) >= 11 is 5.07. The number of nitrogens with two attached hydrogens (primary N) is 1. The molecule has 0 aromatic carbocycles. The summed E-state index contributed by atoms with van der Waals surface area (Å²) in [4.78, 5) is 26.7. The van der Waals surface area contributed by atoms with Crippen LogP contribution in [0.2, 0.25) is 0 Å². The minimum atomic E-state index is -0.0619. The van der Waals surface area contributed by atoms with Crippen molar-refractivity contribution in [1.29, 1.82) is 0 Å². The normalized spacial score (nSPS) is 39.4. The zero-order chi connectivity index (χ0) is 12.9. The van der Waals surface area contributed by atoms with Crippen LogP contribution in [0.4, 0.5) is 0 Å². The molecule has 0 aromatic rings. The summed E-state index contributed by atoms with van der Waals surface area (Å²) in [7, 11) is 0. The van der Waals surface area contributed by atoms with Crippen molar-refractivity contribution >= 4 is 29.0 Å². The van der Waals surface area contributed by atoms with Crippen molar-refractivity contribution in [2.75, 3.05) is 0 Å². The highest BCUT2D eigenvalue weighted by Crippen LogP contribution is 2.43. The van der Waals surface area contributed by atoms with Gasteiger partial charge in [-0.1, -0.05) is 25.1 Å². The van der Waals surface area contributed by atoms with Gasteiger partial charge in [-0.25, -0.2) is 0 Å². The van der Waals surface area contributed by atoms with Gasteiger partial charge in [0.25, 0.3) is 0 Å². The maximum atomic E-state index is 12.4. The molecule has 2 aliphatic carbocycles. The summed E-state index contributed by atoms with van der Waals surface area (Å²) in [5.74, 6) is 0.00761. The molecule has 3 fully saturated rings. The van der Waals surface area contributed by atoms with E-state index < -0.39 is 0 Å². The summed E-state index contributed by atoms with van der Waals surface area (Å²) < 4.78 is 0. The Morgan fingerprint density at radius 2 is 1.61 bits per heavy atom. The molecule has 0 aromatic heterocycles. The molecule has 1 saturated heterocycles. The Kier molecular flexibility index (Phi) is 2.88. The Hall–Kier alpha value is -0.970. The minimum Gasteiger partial charge on any atom is -0.393 e. The highest BCUT2D eigenvalue weighted by atomic mass is 32.1. The molecule has 0 spiro atoms. The summed E-state index contributed by atoms with van der Waals surface area (Å²) in [5, 5.41) is 0. The topological polar surface area (TPSA) is 63.4 Å². The fraction of sp³-hybridized carbons (Fsp3) is 0.769. The van der Waals surface area contributed by atoms with E-state index in [9.17, 15) is 9.59 Å². The number of hydrogen-bond donors (Lipinski definition) is 1. The quantitative estimate of drug-likeness (QED) is 0.603. The van der Waals surface area contributed by atoms with Crippen LogP contribution in [-0.4, -0.2) is 27.7 Å². The lowest BCUT2D eigenvalue weighted by Gasteiger charge is -2.28. The van der Waals surface area contributed by atoms with Crippen LogP contribution >= 0.6 is 12.2 Å². The van der Waals surface area contributed by atoms with Gasteiger partial charge < -0.3 is 5.73 Å². The first-order chi connectivity index (χ1) is 8.61. The zero-order valence-electron chi connectivity index (χ0n) is 10.3. The van der Waals surface area contributed by atoms with Gasteiger partial charge in [0, 0.05) is 12.0 Å². The molecular formula is C13H18N2O2S. The number of imide groups is 1. The fourth-order valence-corrected chi connectivity index (χ4v) is 4.20. The molecule has 3 aliphatic rings. The second-order valence-electron chi connectivity index (χ2n) is 5.70. The van der Waals surface area contributed by atoms with Crippen LogP contribution in [-0.2, 0) is 9.59 Å². The van der Waals surface area contributed by atoms with Crippen molar-refractivity contribution in [3.8, 4) is 0 Å². The van der Waals surface area contributed by atoms with Gasteiger partial charge >= 0.3 is 0 Å². The number of hydrogen-bond acceptors (Lipinski definition) is 3. The Bertz CT molecular complexity index is 401. The molecule has 1 aliphatic heterocycles. The molecule has 4 nitrogen and oxygen atoms in total. The number of rotatable bonds is 2. The van der Waals surface area contributed by atoms with Crippen molar-refractivity contribution < 1.29 is 9.59 Å². The number of thiocarbonyl (C=S) groups is 1. The first-order valence-corrected chi connectivity index (χ1v) is 7.18. The number of carbonyl (C=O) groups excluding carboxylic acids is 2. The second-order valence-corrected chi connectivity index (χ2v) is 6.17. The van der Waals surface area contributed by atoms with E-state index in [-0.39, 0.29) is 35.6 Å². The number of fused-ring (bicyclic) bond motifs is 1. The summed E-state index contributed by atoms with van der Waals surface area (Å²) in [6.07, 6.45) is 5.51. The van der Waals surface area contributed by atoms with Gasteiger partial charge in [0.1, 0.15) is 0 Å². The third-order valence-electron chi connectivity index (χ3n) is 4.80. The summed E-state index contributed by atoms with van der Waals surface area (Å²) in [5.41, 5.74) is 5.74. The highest BCUT2D eigenvalue weighted by molar-refractivity contribution is 7.80. The maximum absolute atomic E-state index is 12.4. The predicted molar refractivity (Wildman–Crippen MR) is 70.6 cm³/mol. The van der Waals surface area contributed by atoms with Crippen LogP contribution < -0.4 is 5.73 Å². The lowest BCUT2D eigenvalue weighted by molar-refractivity contribution is -0.143. The molecule has 98 valence electrons. The van der Waals surface area contributed by atoms with Crippen LogP contribution in [0.1, 0.15) is 38.5 Å². The summed E-state index contributed by atoms with van der Waals surface area (Å²) in [6, 6.07) is -0.0619. The van der Waals surface area contributed by atoms with Gasteiger partial charge in [-0.05, 0) is 25.7 Å². The van der Waals surface area contributed by atoms with E-state index >= 15 is 0 Å². The van der Waals surface area contributed by atoms with Gasteiger partial charge in [-0.15, -0.1) is 0 Å². The molecular weight excluding hydrogens is 248 g/mol. The van der Waals surface area contributed by atoms with Crippen LogP contribution in [0.25, 0.3) is 0 Å². The van der Waals surface area contributed by atoms with Crippen LogP contribution in [0.15, 0.2) is 0 Å². The molecule has 2 N–H and O–H groups in total. The Morgan fingerprint density at radius 1 is 1.06 bits per heavy atom. The van der Waals surface area contributed by atoms with E-state index in [0.717, 1.165) is 38.5 Å². The van der Waals surface area contributed by atoms with Crippen molar-refractivity contribution in [1.82, 2.24) is 4.90 Å². The van der Waals surface area contributed by atoms with Crippen molar-refractivity contribution in [2.45, 2.75) is 44.6 Å². The first-order valence-electron chi connectivity index (χ1n) is 6.77. The molecule has 18 heavy (non-hydrogen) atoms. The smallest absolute Gasteiger partial charge is 0.233 e. The molecule has 2 amide bonds. The van der Waals surface area contributed by atoms with Gasteiger partial charge in [0.15, 0.2) is 0 Å². The average Bonchev–Trinajstić information content (AvgIpc) is 2.99. The van der Waals surface area contributed by atoms with Crippen LogP contribution in [0.3, 0.4) is 0 Å². The molecule has 4 atom stereocenters. The molecule has 3 rings (SSSR count). The van der Waals surface area contributed by atoms with E-state index in [0.29, 0.717) is 4.99 Å². The van der Waals surface area contributed by atoms with Gasteiger partial charge in [-0.3, -0.25) is 14.5 Å². The van der Waals surface area contributed by atoms with Crippen molar-refractivity contribution in [2.24, 2.45) is 23.5 Å². The summed E-state index contributed by atoms with van der Waals surface area (Å²) in [6.45, 7) is 0. The zero-order valence-corrected chi connectivity index (χ0v) is 11.1. The number of nitrogens with zero attached hydrogens (tertiary/aromatic N) is 1. The van der Waals surface area contributed by atoms with E-state index in [1.54, 1.807) is 0 Å². The van der Waals surface area contributed by atoms with Crippen LogP contribution in [0.5, 0.6) is 0 Å². The minimum absolute atomic E-state index is 0.0340. The molecule has 2 saturated carbocycles. The number of amides is 2. The second kappa shape index (κ2) is 4.30. The molecule has 1 heterocycles. The first kappa shape index (κ1) is 12.1. The Morgan fingerprint density at radius 3 is 2.17 bits per heavy atom. The standard InChI is InChI=1S/C13H18N2O2S/c14-11(18)9-5-2-6-10(9)15-12(16)7-3-1-4-8(7)13(15)17/h7-10H,1-6H2,(H2,14,18). The monoisotopic (exact) mass is 266 g/mol. The number of likely N-dealkylation sites (tertiary alicyclic amines) is 1. The highest BCUT2D eigenvalue weighted by Gasteiger charge is 2.53. The third kappa shape index (κ3) is 1.60. The molecule has 0 bridgehead atoms. The Balaban J connectivity index is 1.86. The Labute approximate surface area is 112 Å². The number of carbonyl (C=O) groups is 2. The fourth-order valence-electron chi connectivity index (χ4n) is 3.93. The largest absolute Gasteiger partial charge is 0.393 e. The average molecular weight is 266 g/mol. The van der Waals surface area contributed by atoms with E-state index in [2.05, 4.69) is 0 Å². The van der Waals surface area contributed by atoms with Gasteiger partial charge in [0.2, 0.25) is 11.8 Å². The lowest BCUT2D eigenvalue weighted by Crippen LogP contribution is -2.46. The van der Waals surface area contributed by atoms with Crippen molar-refractivity contribution in [3.63, 3.8) is 0 Å². The van der Waals surface area contributed by atoms with Crippen LogP contribution in [0, 0.1) is 17.8 Å². The SMILES string of the molecule is NC(=S)C1CCCC1N1C(=O)C2CCCC2C1=O. The van der Waals surface area contributed by atoms with Gasteiger partial charge in [-0.2, -0.15) is 0 Å². The maximum Gasteiger partial charge on any atom is 0.233 e. The van der Waals surface area contributed by atoms with E-state index in [4.69, 9.17) is 18.0 Å². The van der Waals surface area contributed by atoms with Crippen molar-refractivity contribution in [3.05, 3.63) is 0 Å². The van der Waals surface area contributed by atoms with Gasteiger partial charge in [0.05, 0.1) is 16.8 Å².